The highest BCUT2D eigenvalue weighted by atomic mass is 16.6. The SMILES string of the molecule is CC(=O)Oc1ccc(C2=NN(C(C)=O)[C@](C)(c3cccc([N+](=O)[O-])c3)O2)cc1. The average molecular weight is 383 g/mol. The number of nitro groups is 1. The van der Waals surface area contributed by atoms with Crippen molar-refractivity contribution in [3.05, 3.63) is 69.8 Å². The van der Waals surface area contributed by atoms with Gasteiger partial charge >= 0.3 is 5.97 Å². The molecule has 0 radical (unpaired) electrons. The summed E-state index contributed by atoms with van der Waals surface area (Å²) in [7, 11) is 0. The number of carbonyl (C=O) groups is 2. The number of ether oxygens (including phenoxy) is 2. The number of nitrogens with zero attached hydrogens (tertiary/aromatic N) is 3. The maximum Gasteiger partial charge on any atom is 0.308 e. The summed E-state index contributed by atoms with van der Waals surface area (Å²) in [4.78, 5) is 33.8. The Balaban J connectivity index is 1.96. The lowest BCUT2D eigenvalue weighted by Crippen LogP contribution is -2.41. The van der Waals surface area contributed by atoms with Gasteiger partial charge in [-0.15, -0.1) is 5.10 Å². The zero-order chi connectivity index (χ0) is 20.5. The zero-order valence-corrected chi connectivity index (χ0v) is 15.4. The molecule has 28 heavy (non-hydrogen) atoms. The minimum Gasteiger partial charge on any atom is -0.443 e. The van der Waals surface area contributed by atoms with Crippen molar-refractivity contribution in [3.8, 4) is 5.75 Å². The van der Waals surface area contributed by atoms with Crippen LogP contribution in [0.1, 0.15) is 31.9 Å². The molecule has 1 amide bonds. The summed E-state index contributed by atoms with van der Waals surface area (Å²) in [6, 6.07) is 12.3. The molecule has 1 aliphatic rings. The number of rotatable bonds is 4. The predicted octanol–water partition coefficient (Wildman–Crippen LogP) is 2.93. The molecular formula is C19H17N3O6. The van der Waals surface area contributed by atoms with Crippen molar-refractivity contribution >= 4 is 23.5 Å². The molecule has 0 saturated carbocycles. The molecule has 9 heteroatoms. The summed E-state index contributed by atoms with van der Waals surface area (Å²) in [5, 5.41) is 16.5. The highest BCUT2D eigenvalue weighted by molar-refractivity contribution is 5.97. The maximum absolute atomic E-state index is 12.2. The Morgan fingerprint density at radius 2 is 1.86 bits per heavy atom. The van der Waals surface area contributed by atoms with Crippen LogP contribution in [0, 0.1) is 10.1 Å². The van der Waals surface area contributed by atoms with Crippen LogP contribution in [0.15, 0.2) is 53.6 Å². The highest BCUT2D eigenvalue weighted by Crippen LogP contribution is 2.37. The summed E-state index contributed by atoms with van der Waals surface area (Å²) in [6.07, 6.45) is 0. The number of carbonyl (C=O) groups excluding carboxylic acids is 2. The van der Waals surface area contributed by atoms with E-state index >= 15 is 0 Å². The predicted molar refractivity (Wildman–Crippen MR) is 98.3 cm³/mol. The Morgan fingerprint density at radius 1 is 1.18 bits per heavy atom. The third-order valence-electron chi connectivity index (χ3n) is 4.14. The van der Waals surface area contributed by atoms with Gasteiger partial charge in [-0.25, -0.2) is 0 Å². The molecular weight excluding hydrogens is 366 g/mol. The lowest BCUT2D eigenvalue weighted by Gasteiger charge is -2.30. The van der Waals surface area contributed by atoms with Gasteiger partial charge in [0.05, 0.1) is 4.92 Å². The minimum atomic E-state index is -1.35. The lowest BCUT2D eigenvalue weighted by atomic mass is 10.0. The van der Waals surface area contributed by atoms with Gasteiger partial charge in [0.25, 0.3) is 5.69 Å². The van der Waals surface area contributed by atoms with Crippen molar-refractivity contribution in [2.75, 3.05) is 0 Å². The van der Waals surface area contributed by atoms with Crippen LogP contribution >= 0.6 is 0 Å². The molecule has 0 fully saturated rings. The molecule has 2 aromatic rings. The second kappa shape index (κ2) is 7.10. The molecule has 0 aliphatic carbocycles. The van der Waals surface area contributed by atoms with E-state index in [1.165, 1.54) is 32.0 Å². The van der Waals surface area contributed by atoms with Crippen LogP contribution in [-0.2, 0) is 20.1 Å². The van der Waals surface area contributed by atoms with Crippen LogP contribution < -0.4 is 4.74 Å². The van der Waals surface area contributed by atoms with E-state index in [9.17, 15) is 19.7 Å². The van der Waals surface area contributed by atoms with Crippen LogP contribution in [0.25, 0.3) is 0 Å². The number of hydrogen-bond donors (Lipinski definition) is 0. The number of benzene rings is 2. The van der Waals surface area contributed by atoms with Crippen LogP contribution in [0.3, 0.4) is 0 Å². The van der Waals surface area contributed by atoms with Gasteiger partial charge < -0.3 is 9.47 Å². The van der Waals surface area contributed by atoms with Gasteiger partial charge in [0.15, 0.2) is 0 Å². The molecule has 2 aromatic carbocycles. The fraction of sp³-hybridized carbons (Fsp3) is 0.211. The van der Waals surface area contributed by atoms with E-state index in [2.05, 4.69) is 5.10 Å². The van der Waals surface area contributed by atoms with Gasteiger partial charge in [-0.2, -0.15) is 5.01 Å². The van der Waals surface area contributed by atoms with Crippen LogP contribution in [0.4, 0.5) is 5.69 Å². The Bertz CT molecular complexity index is 985. The Labute approximate surface area is 160 Å². The second-order valence-electron chi connectivity index (χ2n) is 6.25. The molecule has 0 aromatic heterocycles. The van der Waals surface area contributed by atoms with Crippen molar-refractivity contribution in [3.63, 3.8) is 0 Å². The van der Waals surface area contributed by atoms with E-state index in [4.69, 9.17) is 9.47 Å². The van der Waals surface area contributed by atoms with E-state index in [1.54, 1.807) is 37.3 Å². The molecule has 1 atom stereocenters. The number of amides is 1. The van der Waals surface area contributed by atoms with Gasteiger partial charge in [-0.1, -0.05) is 12.1 Å². The number of esters is 1. The van der Waals surface area contributed by atoms with Gasteiger partial charge in [-0.05, 0) is 24.3 Å². The molecule has 1 heterocycles. The van der Waals surface area contributed by atoms with Crippen LogP contribution in [-0.4, -0.2) is 27.7 Å². The molecule has 0 N–H and O–H groups in total. The first-order valence-electron chi connectivity index (χ1n) is 8.33. The topological polar surface area (TPSA) is 111 Å². The summed E-state index contributed by atoms with van der Waals surface area (Å²) in [5.41, 5.74) is -0.504. The molecule has 9 nitrogen and oxygen atoms in total. The Morgan fingerprint density at radius 3 is 2.43 bits per heavy atom. The molecule has 0 bridgehead atoms. The van der Waals surface area contributed by atoms with E-state index in [-0.39, 0.29) is 17.5 Å². The van der Waals surface area contributed by atoms with Crippen molar-refractivity contribution in [2.45, 2.75) is 26.5 Å². The largest absolute Gasteiger partial charge is 0.443 e. The monoisotopic (exact) mass is 383 g/mol. The first-order chi connectivity index (χ1) is 13.2. The van der Waals surface area contributed by atoms with Crippen molar-refractivity contribution in [1.29, 1.82) is 0 Å². The third kappa shape index (κ3) is 3.54. The summed E-state index contributed by atoms with van der Waals surface area (Å²) in [5.74, 6) is -0.304. The maximum atomic E-state index is 12.2. The Hall–Kier alpha value is -3.75. The van der Waals surface area contributed by atoms with Crippen LogP contribution in [0.2, 0.25) is 0 Å². The number of hydrogen-bond acceptors (Lipinski definition) is 7. The van der Waals surface area contributed by atoms with Crippen molar-refractivity contribution in [2.24, 2.45) is 5.10 Å². The van der Waals surface area contributed by atoms with E-state index in [0.717, 1.165) is 5.01 Å². The molecule has 0 unspecified atom stereocenters. The number of hydrazone groups is 1. The second-order valence-corrected chi connectivity index (χ2v) is 6.25. The van der Waals surface area contributed by atoms with Crippen molar-refractivity contribution < 1.29 is 24.0 Å². The fourth-order valence-corrected chi connectivity index (χ4v) is 2.85. The quantitative estimate of drug-likeness (QED) is 0.347. The van der Waals surface area contributed by atoms with Gasteiger partial charge in [-0.3, -0.25) is 19.7 Å². The van der Waals surface area contributed by atoms with Gasteiger partial charge in [0.1, 0.15) is 5.75 Å². The average Bonchev–Trinajstić information content (AvgIpc) is 3.01. The summed E-state index contributed by atoms with van der Waals surface area (Å²) < 4.78 is 11.0. The molecule has 144 valence electrons. The molecule has 0 saturated heterocycles. The smallest absolute Gasteiger partial charge is 0.308 e. The lowest BCUT2D eigenvalue weighted by molar-refractivity contribution is -0.385. The minimum absolute atomic E-state index is 0.120. The standard InChI is InChI=1S/C19H17N3O6/c1-12(23)21-19(3,15-5-4-6-16(11-15)22(25)26)28-18(20-21)14-7-9-17(10-8-14)27-13(2)24/h4-11H,1-3H3/t19-/m0/s1. The first kappa shape index (κ1) is 19.0. The normalized spacial score (nSPS) is 18.2. The summed E-state index contributed by atoms with van der Waals surface area (Å²) in [6.45, 7) is 4.24. The highest BCUT2D eigenvalue weighted by Gasteiger charge is 2.45. The summed E-state index contributed by atoms with van der Waals surface area (Å²) >= 11 is 0. The first-order valence-corrected chi connectivity index (χ1v) is 8.33. The number of non-ortho nitro benzene ring substituents is 1. The van der Waals surface area contributed by atoms with Gasteiger partial charge in [0.2, 0.25) is 17.5 Å². The molecule has 3 rings (SSSR count). The fourth-order valence-electron chi connectivity index (χ4n) is 2.85. The zero-order valence-electron chi connectivity index (χ0n) is 15.4. The number of nitro benzene ring substituents is 1. The van der Waals surface area contributed by atoms with E-state index in [0.29, 0.717) is 16.9 Å². The van der Waals surface area contributed by atoms with E-state index in [1.807, 2.05) is 0 Å². The van der Waals surface area contributed by atoms with Gasteiger partial charge in [0, 0.05) is 44.0 Å². The third-order valence-corrected chi connectivity index (χ3v) is 4.14. The molecule has 1 aliphatic heterocycles. The van der Waals surface area contributed by atoms with Crippen molar-refractivity contribution in [1.82, 2.24) is 5.01 Å². The molecule has 0 spiro atoms. The Kier molecular flexibility index (Phi) is 4.83. The van der Waals surface area contributed by atoms with Crippen LogP contribution in [0.5, 0.6) is 5.75 Å². The van der Waals surface area contributed by atoms with E-state index < -0.39 is 16.6 Å².